The topological polar surface area (TPSA) is 75.7 Å². The molecule has 0 unspecified atom stereocenters. The van der Waals surface area contributed by atoms with Crippen molar-refractivity contribution in [2.24, 2.45) is 17.8 Å². The molecule has 6 nitrogen and oxygen atoms in total. The smallest absolute Gasteiger partial charge is 0.264 e. The molecule has 7 heteroatoms. The fourth-order valence-electron chi connectivity index (χ4n) is 5.60. The van der Waals surface area contributed by atoms with Gasteiger partial charge in [-0.3, -0.25) is 9.63 Å². The van der Waals surface area contributed by atoms with Crippen molar-refractivity contribution in [2.75, 3.05) is 14.2 Å². The van der Waals surface area contributed by atoms with E-state index in [-0.39, 0.29) is 16.3 Å². The maximum absolute atomic E-state index is 12.8. The highest BCUT2D eigenvalue weighted by molar-refractivity contribution is 7.89. The third-order valence-corrected chi connectivity index (χ3v) is 8.12. The van der Waals surface area contributed by atoms with Gasteiger partial charge in [0.1, 0.15) is 0 Å². The molecule has 142 valence electrons. The van der Waals surface area contributed by atoms with Crippen molar-refractivity contribution in [3.8, 4) is 0 Å². The molecule has 4 saturated carbocycles. The maximum Gasteiger partial charge on any atom is 0.264 e. The lowest BCUT2D eigenvalue weighted by molar-refractivity contribution is -0.0258. The Bertz CT molecular complexity index is 768. The van der Waals surface area contributed by atoms with E-state index in [2.05, 4.69) is 5.32 Å². The van der Waals surface area contributed by atoms with Gasteiger partial charge in [0.05, 0.1) is 12.0 Å². The highest BCUT2D eigenvalue weighted by Crippen LogP contribution is 2.55. The van der Waals surface area contributed by atoms with E-state index in [9.17, 15) is 13.2 Å². The number of hydrogen-bond donors (Lipinski definition) is 1. The van der Waals surface area contributed by atoms with Crippen molar-refractivity contribution >= 4 is 15.9 Å². The Hall–Kier alpha value is -1.44. The fourth-order valence-corrected chi connectivity index (χ4v) is 6.57. The zero-order valence-corrected chi connectivity index (χ0v) is 16.1. The second-order valence-electron chi connectivity index (χ2n) is 8.27. The van der Waals surface area contributed by atoms with E-state index >= 15 is 0 Å². The molecule has 4 aliphatic carbocycles. The Kier molecular flexibility index (Phi) is 4.36. The lowest BCUT2D eigenvalue weighted by atomic mass is 9.53. The van der Waals surface area contributed by atoms with Crippen LogP contribution >= 0.6 is 0 Å². The van der Waals surface area contributed by atoms with Crippen molar-refractivity contribution in [1.29, 1.82) is 0 Å². The van der Waals surface area contributed by atoms with Gasteiger partial charge < -0.3 is 5.32 Å². The molecule has 0 heterocycles. The van der Waals surface area contributed by atoms with Crippen LogP contribution in [0, 0.1) is 17.8 Å². The second-order valence-corrected chi connectivity index (χ2v) is 10.2. The van der Waals surface area contributed by atoms with Crippen LogP contribution < -0.4 is 5.32 Å². The first kappa shape index (κ1) is 17.9. The summed E-state index contributed by atoms with van der Waals surface area (Å²) in [4.78, 5) is 17.7. The Morgan fingerprint density at radius 2 is 1.58 bits per heavy atom. The molecule has 0 aliphatic heterocycles. The first-order valence-electron chi connectivity index (χ1n) is 9.27. The minimum Gasteiger partial charge on any atom is -0.347 e. The molecule has 1 N–H and O–H groups in total. The van der Waals surface area contributed by atoms with Crippen LogP contribution in [0.2, 0.25) is 0 Å². The van der Waals surface area contributed by atoms with E-state index < -0.39 is 10.0 Å². The van der Waals surface area contributed by atoms with Crippen molar-refractivity contribution in [1.82, 2.24) is 9.79 Å². The Morgan fingerprint density at radius 3 is 2.04 bits per heavy atom. The van der Waals surface area contributed by atoms with E-state index in [0.717, 1.165) is 41.5 Å². The van der Waals surface area contributed by atoms with E-state index in [0.29, 0.717) is 5.56 Å². The summed E-state index contributed by atoms with van der Waals surface area (Å²) in [5.41, 5.74) is 0.451. The van der Waals surface area contributed by atoms with Crippen LogP contribution in [0.3, 0.4) is 0 Å². The van der Waals surface area contributed by atoms with Gasteiger partial charge in [0.25, 0.3) is 15.9 Å². The molecule has 5 rings (SSSR count). The van der Waals surface area contributed by atoms with Gasteiger partial charge in [0.2, 0.25) is 0 Å². The zero-order valence-electron chi connectivity index (χ0n) is 15.3. The number of carbonyl (C=O) groups excluding carboxylic acids is 1. The predicted molar refractivity (Wildman–Crippen MR) is 96.8 cm³/mol. The SMILES string of the molecule is CON(C)S(=O)(=O)c1ccc(C(=O)NC23CC4CC(CC(C4)C2)C3)cc1. The average Bonchev–Trinajstić information content (AvgIpc) is 2.59. The molecule has 4 bridgehead atoms. The molecule has 0 spiro atoms. The van der Waals surface area contributed by atoms with E-state index in [1.54, 1.807) is 12.1 Å². The zero-order chi connectivity index (χ0) is 18.5. The van der Waals surface area contributed by atoms with Gasteiger partial charge in [-0.2, -0.15) is 0 Å². The first-order valence-corrected chi connectivity index (χ1v) is 10.7. The molecular weight excluding hydrogens is 352 g/mol. The number of carbonyl (C=O) groups is 1. The van der Waals surface area contributed by atoms with Crippen molar-refractivity contribution in [3.63, 3.8) is 0 Å². The first-order chi connectivity index (χ1) is 12.3. The standard InChI is InChI=1S/C19H26N2O4S/c1-21(25-2)26(23,24)17-5-3-16(4-6-17)18(22)20-19-10-13-7-14(11-19)9-15(8-13)12-19/h3-6,13-15H,7-12H2,1-2H3,(H,20,22). The summed E-state index contributed by atoms with van der Waals surface area (Å²) in [5.74, 6) is 2.19. The molecule has 0 atom stereocenters. The summed E-state index contributed by atoms with van der Waals surface area (Å²) in [6.07, 6.45) is 7.26. The number of nitrogens with zero attached hydrogens (tertiary/aromatic N) is 1. The van der Waals surface area contributed by atoms with Gasteiger partial charge in [-0.1, -0.05) is 4.47 Å². The summed E-state index contributed by atoms with van der Waals surface area (Å²) in [7, 11) is -1.06. The summed E-state index contributed by atoms with van der Waals surface area (Å²) in [6.45, 7) is 0. The van der Waals surface area contributed by atoms with E-state index in [1.165, 1.54) is 45.6 Å². The number of sulfonamides is 1. The van der Waals surface area contributed by atoms with Crippen LogP contribution in [-0.4, -0.2) is 38.5 Å². The number of nitrogens with one attached hydrogen (secondary N) is 1. The van der Waals surface area contributed by atoms with Gasteiger partial charge in [0.15, 0.2) is 0 Å². The van der Waals surface area contributed by atoms with Crippen LogP contribution in [0.25, 0.3) is 0 Å². The van der Waals surface area contributed by atoms with Crippen LogP contribution in [0.15, 0.2) is 29.2 Å². The lowest BCUT2D eigenvalue weighted by Gasteiger charge is -2.56. The number of rotatable bonds is 5. The molecule has 26 heavy (non-hydrogen) atoms. The van der Waals surface area contributed by atoms with Gasteiger partial charge >= 0.3 is 0 Å². The van der Waals surface area contributed by atoms with Crippen LogP contribution in [-0.2, 0) is 14.9 Å². The second kappa shape index (κ2) is 6.32. The Morgan fingerprint density at radius 1 is 1.08 bits per heavy atom. The maximum atomic E-state index is 12.8. The van der Waals surface area contributed by atoms with E-state index in [1.807, 2.05) is 0 Å². The minimum absolute atomic E-state index is 0.0488. The monoisotopic (exact) mass is 378 g/mol. The third-order valence-electron chi connectivity index (χ3n) is 6.43. The molecule has 4 aliphatic rings. The fraction of sp³-hybridized carbons (Fsp3) is 0.632. The summed E-state index contributed by atoms with van der Waals surface area (Å²) < 4.78 is 25.3. The minimum atomic E-state index is -3.70. The van der Waals surface area contributed by atoms with Gasteiger partial charge in [-0.05, 0) is 80.5 Å². The summed E-state index contributed by atoms with van der Waals surface area (Å²) >= 11 is 0. The highest BCUT2D eigenvalue weighted by atomic mass is 32.2. The number of hydrogen-bond acceptors (Lipinski definition) is 4. The normalized spacial score (nSPS) is 32.8. The molecule has 1 aromatic rings. The molecule has 1 aromatic carbocycles. The number of benzene rings is 1. The molecule has 0 aromatic heterocycles. The molecule has 4 fully saturated rings. The summed E-state index contributed by atoms with van der Waals surface area (Å²) in [6, 6.07) is 6.07. The molecule has 1 amide bonds. The van der Waals surface area contributed by atoms with Crippen LogP contribution in [0.4, 0.5) is 0 Å². The lowest BCUT2D eigenvalue weighted by Crippen LogP contribution is -2.59. The largest absolute Gasteiger partial charge is 0.347 e. The molecule has 0 radical (unpaired) electrons. The van der Waals surface area contributed by atoms with Crippen LogP contribution in [0.5, 0.6) is 0 Å². The Labute approximate surface area is 154 Å². The van der Waals surface area contributed by atoms with Gasteiger partial charge in [-0.25, -0.2) is 8.42 Å². The number of hydroxylamine groups is 1. The van der Waals surface area contributed by atoms with Crippen molar-refractivity contribution in [3.05, 3.63) is 29.8 Å². The quantitative estimate of drug-likeness (QED) is 0.799. The van der Waals surface area contributed by atoms with Crippen LogP contribution in [0.1, 0.15) is 48.9 Å². The van der Waals surface area contributed by atoms with Gasteiger partial charge in [0, 0.05) is 18.2 Å². The third kappa shape index (κ3) is 3.06. The Balaban J connectivity index is 1.49. The number of amides is 1. The van der Waals surface area contributed by atoms with Crippen molar-refractivity contribution < 1.29 is 18.0 Å². The van der Waals surface area contributed by atoms with E-state index in [4.69, 9.17) is 4.84 Å². The molecular formula is C19H26N2O4S. The highest BCUT2D eigenvalue weighted by Gasteiger charge is 2.51. The van der Waals surface area contributed by atoms with Gasteiger partial charge in [-0.15, -0.1) is 0 Å². The van der Waals surface area contributed by atoms with Crippen molar-refractivity contribution in [2.45, 2.75) is 49.0 Å². The average molecular weight is 378 g/mol. The molecule has 0 saturated heterocycles. The summed E-state index contributed by atoms with van der Waals surface area (Å²) in [5, 5.41) is 3.31. The predicted octanol–water partition coefficient (Wildman–Crippen LogP) is 2.57.